The maximum atomic E-state index is 14.2. The third-order valence-corrected chi connectivity index (χ3v) is 5.22. The van der Waals surface area contributed by atoms with Crippen LogP contribution in [0.3, 0.4) is 0 Å². The quantitative estimate of drug-likeness (QED) is 0.498. The van der Waals surface area contributed by atoms with Crippen molar-refractivity contribution in [3.63, 3.8) is 0 Å². The molecule has 1 amide bonds. The average Bonchev–Trinajstić information content (AvgIpc) is 3.19. The summed E-state index contributed by atoms with van der Waals surface area (Å²) in [6, 6.07) is 13.5. The van der Waals surface area contributed by atoms with E-state index in [1.54, 1.807) is 55.7 Å². The van der Waals surface area contributed by atoms with Gasteiger partial charge in [-0.3, -0.25) is 4.79 Å². The van der Waals surface area contributed by atoms with Gasteiger partial charge in [-0.15, -0.1) is 0 Å². The molecular formula is C23H23ClFNO3. The van der Waals surface area contributed by atoms with Gasteiger partial charge in [0.25, 0.3) is 5.91 Å². The van der Waals surface area contributed by atoms with Crippen molar-refractivity contribution in [3.8, 4) is 5.75 Å². The van der Waals surface area contributed by atoms with Crippen molar-refractivity contribution in [2.75, 3.05) is 0 Å². The van der Waals surface area contributed by atoms with Crippen molar-refractivity contribution in [1.82, 2.24) is 4.90 Å². The van der Waals surface area contributed by atoms with E-state index in [1.807, 2.05) is 13.8 Å². The van der Waals surface area contributed by atoms with Crippen molar-refractivity contribution in [2.24, 2.45) is 0 Å². The zero-order valence-electron chi connectivity index (χ0n) is 16.6. The lowest BCUT2D eigenvalue weighted by atomic mass is 10.1. The lowest BCUT2D eigenvalue weighted by Gasteiger charge is -2.26. The molecule has 0 spiro atoms. The van der Waals surface area contributed by atoms with Crippen LogP contribution in [0.5, 0.6) is 5.75 Å². The van der Waals surface area contributed by atoms with E-state index in [0.29, 0.717) is 22.1 Å². The van der Waals surface area contributed by atoms with E-state index in [-0.39, 0.29) is 24.8 Å². The Morgan fingerprint density at radius 1 is 1.14 bits per heavy atom. The predicted octanol–water partition coefficient (Wildman–Crippen LogP) is 5.69. The first kappa shape index (κ1) is 20.9. The van der Waals surface area contributed by atoms with Gasteiger partial charge < -0.3 is 14.1 Å². The molecule has 0 aliphatic carbocycles. The van der Waals surface area contributed by atoms with E-state index < -0.39 is 6.10 Å². The molecule has 3 aromatic rings. The van der Waals surface area contributed by atoms with E-state index in [1.165, 1.54) is 11.0 Å². The number of ether oxygens (including phenoxy) is 1. The van der Waals surface area contributed by atoms with Crippen molar-refractivity contribution in [3.05, 3.63) is 88.1 Å². The minimum Gasteiger partial charge on any atom is -0.481 e. The number of rotatable bonds is 7. The summed E-state index contributed by atoms with van der Waals surface area (Å²) in [6.07, 6.45) is 0.775. The van der Waals surface area contributed by atoms with Crippen LogP contribution in [0.4, 0.5) is 4.39 Å². The van der Waals surface area contributed by atoms with Gasteiger partial charge in [0.05, 0.1) is 12.8 Å². The monoisotopic (exact) mass is 415 g/mol. The summed E-state index contributed by atoms with van der Waals surface area (Å²) in [5.41, 5.74) is 2.18. The van der Waals surface area contributed by atoms with Gasteiger partial charge in [0.2, 0.25) is 0 Å². The summed E-state index contributed by atoms with van der Waals surface area (Å²) in [6.45, 7) is 5.77. The summed E-state index contributed by atoms with van der Waals surface area (Å²) in [7, 11) is 0. The van der Waals surface area contributed by atoms with Crippen LogP contribution in [0.1, 0.15) is 29.4 Å². The maximum Gasteiger partial charge on any atom is 0.264 e. The molecule has 0 aliphatic heterocycles. The first-order valence-corrected chi connectivity index (χ1v) is 9.71. The van der Waals surface area contributed by atoms with Crippen molar-refractivity contribution in [1.29, 1.82) is 0 Å². The fourth-order valence-corrected chi connectivity index (χ4v) is 3.23. The van der Waals surface area contributed by atoms with Crippen LogP contribution in [0.25, 0.3) is 0 Å². The number of nitrogens with zero attached hydrogens (tertiary/aromatic N) is 1. The molecule has 3 rings (SSSR count). The Morgan fingerprint density at radius 2 is 1.83 bits per heavy atom. The molecular weight excluding hydrogens is 393 g/mol. The van der Waals surface area contributed by atoms with E-state index in [0.717, 1.165) is 11.1 Å². The molecule has 29 heavy (non-hydrogen) atoms. The first-order valence-electron chi connectivity index (χ1n) is 9.33. The molecule has 0 saturated carbocycles. The summed E-state index contributed by atoms with van der Waals surface area (Å²) in [5, 5.41) is 0.676. The Balaban J connectivity index is 1.80. The molecule has 152 valence electrons. The molecule has 2 aromatic carbocycles. The number of amides is 1. The first-order chi connectivity index (χ1) is 13.8. The van der Waals surface area contributed by atoms with Crippen LogP contribution in [-0.2, 0) is 17.9 Å². The Kier molecular flexibility index (Phi) is 6.60. The van der Waals surface area contributed by atoms with Crippen LogP contribution in [0.15, 0.2) is 59.2 Å². The summed E-state index contributed by atoms with van der Waals surface area (Å²) < 4.78 is 25.4. The number of furan rings is 1. The highest BCUT2D eigenvalue weighted by Gasteiger charge is 2.24. The molecule has 1 aromatic heterocycles. The van der Waals surface area contributed by atoms with Crippen LogP contribution < -0.4 is 4.74 Å². The van der Waals surface area contributed by atoms with Gasteiger partial charge in [-0.25, -0.2) is 4.39 Å². The molecule has 0 saturated heterocycles. The number of halogens is 2. The molecule has 0 N–H and O–H groups in total. The van der Waals surface area contributed by atoms with Gasteiger partial charge in [-0.05, 0) is 62.2 Å². The molecule has 0 unspecified atom stereocenters. The van der Waals surface area contributed by atoms with Crippen molar-refractivity contribution >= 4 is 17.5 Å². The fourth-order valence-electron chi connectivity index (χ4n) is 3.12. The van der Waals surface area contributed by atoms with Gasteiger partial charge in [0, 0.05) is 17.1 Å². The molecule has 0 bridgehead atoms. The zero-order valence-corrected chi connectivity index (χ0v) is 17.4. The standard InChI is InChI=1S/C23H23ClFNO3/c1-15-11-20(12-16(2)22(15)24)29-17(3)23(27)26(14-19-8-6-10-28-19)13-18-7-4-5-9-21(18)25/h4-12,17H,13-14H2,1-3H3/t17-/m0/s1. The Morgan fingerprint density at radius 3 is 2.45 bits per heavy atom. The largest absolute Gasteiger partial charge is 0.481 e. The fraction of sp³-hybridized carbons (Fsp3) is 0.261. The highest BCUT2D eigenvalue weighted by Crippen LogP contribution is 2.27. The number of hydrogen-bond donors (Lipinski definition) is 0. The minimum absolute atomic E-state index is 0.110. The Labute approximate surface area is 174 Å². The molecule has 0 fully saturated rings. The number of carbonyl (C=O) groups excluding carboxylic acids is 1. The highest BCUT2D eigenvalue weighted by molar-refractivity contribution is 6.32. The minimum atomic E-state index is -0.767. The number of aryl methyl sites for hydroxylation is 2. The van der Waals surface area contributed by atoms with Gasteiger partial charge in [0.15, 0.2) is 6.10 Å². The second-order valence-corrected chi connectivity index (χ2v) is 7.37. The molecule has 4 nitrogen and oxygen atoms in total. The predicted molar refractivity (Wildman–Crippen MR) is 110 cm³/mol. The number of hydrogen-bond acceptors (Lipinski definition) is 3. The van der Waals surface area contributed by atoms with Gasteiger partial charge in [-0.2, -0.15) is 0 Å². The maximum absolute atomic E-state index is 14.2. The van der Waals surface area contributed by atoms with Crippen LogP contribution in [0, 0.1) is 19.7 Å². The van der Waals surface area contributed by atoms with Crippen molar-refractivity contribution in [2.45, 2.75) is 40.0 Å². The third kappa shape index (κ3) is 5.18. The topological polar surface area (TPSA) is 42.7 Å². The van der Waals surface area contributed by atoms with Gasteiger partial charge in [-0.1, -0.05) is 29.8 Å². The van der Waals surface area contributed by atoms with Crippen LogP contribution >= 0.6 is 11.6 Å². The van der Waals surface area contributed by atoms with Crippen molar-refractivity contribution < 1.29 is 18.3 Å². The third-order valence-electron chi connectivity index (χ3n) is 4.63. The lowest BCUT2D eigenvalue weighted by Crippen LogP contribution is -2.39. The zero-order chi connectivity index (χ0) is 21.0. The van der Waals surface area contributed by atoms with Gasteiger partial charge in [0.1, 0.15) is 17.3 Å². The molecule has 0 aliphatic rings. The molecule has 1 atom stereocenters. The molecule has 0 radical (unpaired) electrons. The average molecular weight is 416 g/mol. The molecule has 1 heterocycles. The summed E-state index contributed by atoms with van der Waals surface area (Å²) >= 11 is 6.21. The normalized spacial score (nSPS) is 11.9. The highest BCUT2D eigenvalue weighted by atomic mass is 35.5. The van der Waals surface area contributed by atoms with Crippen LogP contribution in [-0.4, -0.2) is 16.9 Å². The second-order valence-electron chi connectivity index (χ2n) is 7.00. The molecule has 6 heteroatoms. The second kappa shape index (κ2) is 9.14. The SMILES string of the molecule is Cc1cc(O[C@@H](C)C(=O)N(Cc2ccco2)Cc2ccccc2F)cc(C)c1Cl. The Bertz CT molecular complexity index is 965. The van der Waals surface area contributed by atoms with E-state index >= 15 is 0 Å². The summed E-state index contributed by atoms with van der Waals surface area (Å²) in [4.78, 5) is 14.7. The van der Waals surface area contributed by atoms with E-state index in [2.05, 4.69) is 0 Å². The number of benzene rings is 2. The van der Waals surface area contributed by atoms with Gasteiger partial charge >= 0.3 is 0 Å². The van der Waals surface area contributed by atoms with E-state index in [9.17, 15) is 9.18 Å². The smallest absolute Gasteiger partial charge is 0.264 e. The lowest BCUT2D eigenvalue weighted by molar-refractivity contribution is -0.139. The summed E-state index contributed by atoms with van der Waals surface area (Å²) in [5.74, 6) is 0.548. The van der Waals surface area contributed by atoms with Crippen LogP contribution in [0.2, 0.25) is 5.02 Å². The number of carbonyl (C=O) groups is 1. The Hall–Kier alpha value is -2.79. The van der Waals surface area contributed by atoms with E-state index in [4.69, 9.17) is 20.8 Å².